The van der Waals surface area contributed by atoms with E-state index < -0.39 is 11.7 Å². The highest BCUT2D eigenvalue weighted by Crippen LogP contribution is 2.38. The Morgan fingerprint density at radius 1 is 1.38 bits per heavy atom. The number of ether oxygens (including phenoxy) is 1. The molecular weight excluding hydrogens is 217 g/mol. The fourth-order valence-corrected chi connectivity index (χ4v) is 1.30. The van der Waals surface area contributed by atoms with Crippen molar-refractivity contribution in [2.75, 3.05) is 6.61 Å². The lowest BCUT2D eigenvalue weighted by atomic mass is 10.1. The van der Waals surface area contributed by atoms with Crippen LogP contribution in [0.1, 0.15) is 24.5 Å². The molecule has 1 nitrogen and oxygen atoms in total. The molecular formula is C12H12F3O. The predicted molar refractivity (Wildman–Crippen MR) is 55.2 cm³/mol. The van der Waals surface area contributed by atoms with E-state index in [1.54, 1.807) is 0 Å². The molecule has 0 bridgehead atoms. The Kier molecular flexibility index (Phi) is 3.99. The summed E-state index contributed by atoms with van der Waals surface area (Å²) in [5.74, 6) is -0.164. The molecule has 16 heavy (non-hydrogen) atoms. The van der Waals surface area contributed by atoms with Crippen molar-refractivity contribution in [1.82, 2.24) is 0 Å². The van der Waals surface area contributed by atoms with Gasteiger partial charge in [-0.1, -0.05) is 25.6 Å². The first-order chi connectivity index (χ1) is 7.50. The molecule has 0 fully saturated rings. The molecule has 0 aliphatic carbocycles. The number of alkyl halides is 3. The normalized spacial score (nSPS) is 11.2. The van der Waals surface area contributed by atoms with E-state index in [9.17, 15) is 13.2 Å². The van der Waals surface area contributed by atoms with Gasteiger partial charge in [-0.15, -0.1) is 0 Å². The van der Waals surface area contributed by atoms with E-state index in [0.29, 0.717) is 6.42 Å². The average Bonchev–Trinajstić information content (AvgIpc) is 2.24. The first-order valence-corrected chi connectivity index (χ1v) is 4.86. The SMILES string of the molecule is C=[C]c1cccc(OCCC)c1C(F)(F)F. The molecule has 0 amide bonds. The van der Waals surface area contributed by atoms with Gasteiger partial charge in [0.25, 0.3) is 0 Å². The van der Waals surface area contributed by atoms with Gasteiger partial charge in [-0.2, -0.15) is 13.2 Å². The quantitative estimate of drug-likeness (QED) is 0.762. The topological polar surface area (TPSA) is 9.23 Å². The zero-order valence-corrected chi connectivity index (χ0v) is 8.90. The van der Waals surface area contributed by atoms with Crippen LogP contribution in [0.25, 0.3) is 0 Å². The van der Waals surface area contributed by atoms with Crippen molar-refractivity contribution < 1.29 is 17.9 Å². The lowest BCUT2D eigenvalue weighted by Crippen LogP contribution is -2.11. The Morgan fingerprint density at radius 2 is 2.06 bits per heavy atom. The van der Waals surface area contributed by atoms with E-state index in [4.69, 9.17) is 4.74 Å². The van der Waals surface area contributed by atoms with Crippen LogP contribution < -0.4 is 4.74 Å². The van der Waals surface area contributed by atoms with Crippen LogP contribution in [0.5, 0.6) is 5.75 Å². The van der Waals surface area contributed by atoms with Gasteiger partial charge in [0, 0.05) is 0 Å². The van der Waals surface area contributed by atoms with Crippen molar-refractivity contribution in [2.45, 2.75) is 19.5 Å². The smallest absolute Gasteiger partial charge is 0.420 e. The maximum Gasteiger partial charge on any atom is 0.420 e. The number of hydrogen-bond acceptors (Lipinski definition) is 1. The van der Waals surface area contributed by atoms with Crippen molar-refractivity contribution in [3.8, 4) is 5.75 Å². The lowest BCUT2D eigenvalue weighted by molar-refractivity contribution is -0.139. The Labute approximate surface area is 92.5 Å². The largest absolute Gasteiger partial charge is 0.493 e. The molecule has 0 atom stereocenters. The fourth-order valence-electron chi connectivity index (χ4n) is 1.30. The molecule has 0 spiro atoms. The highest BCUT2D eigenvalue weighted by atomic mass is 19.4. The van der Waals surface area contributed by atoms with E-state index in [0.717, 1.165) is 0 Å². The van der Waals surface area contributed by atoms with Crippen molar-refractivity contribution in [1.29, 1.82) is 0 Å². The molecule has 0 aliphatic heterocycles. The van der Waals surface area contributed by atoms with Crippen LogP contribution in [0.3, 0.4) is 0 Å². The summed E-state index contributed by atoms with van der Waals surface area (Å²) in [6.07, 6.45) is -1.53. The van der Waals surface area contributed by atoms with Gasteiger partial charge >= 0.3 is 6.18 Å². The number of halogens is 3. The van der Waals surface area contributed by atoms with E-state index in [1.807, 2.05) is 6.92 Å². The summed E-state index contributed by atoms with van der Waals surface area (Å²) in [5, 5.41) is 0. The van der Waals surface area contributed by atoms with Crippen LogP contribution in [-0.4, -0.2) is 6.61 Å². The summed E-state index contributed by atoms with van der Waals surface area (Å²) in [4.78, 5) is 0. The minimum absolute atomic E-state index is 0.0823. The number of rotatable bonds is 4. The fraction of sp³-hybridized carbons (Fsp3) is 0.333. The molecule has 1 aromatic rings. The van der Waals surface area contributed by atoms with Gasteiger partial charge in [-0.25, -0.2) is 0 Å². The highest BCUT2D eigenvalue weighted by molar-refractivity contribution is 5.45. The number of benzene rings is 1. The van der Waals surface area contributed by atoms with E-state index in [-0.39, 0.29) is 17.9 Å². The summed E-state index contributed by atoms with van der Waals surface area (Å²) in [5.41, 5.74) is -0.889. The van der Waals surface area contributed by atoms with Gasteiger partial charge in [0.15, 0.2) is 0 Å². The van der Waals surface area contributed by atoms with Gasteiger partial charge in [0.05, 0.1) is 6.61 Å². The third-order valence-corrected chi connectivity index (χ3v) is 1.96. The molecule has 0 saturated heterocycles. The zero-order chi connectivity index (χ0) is 12.2. The van der Waals surface area contributed by atoms with Crippen LogP contribution in [-0.2, 0) is 6.18 Å². The maximum atomic E-state index is 12.8. The van der Waals surface area contributed by atoms with Gasteiger partial charge in [-0.3, -0.25) is 0 Å². The molecule has 0 aromatic heterocycles. The van der Waals surface area contributed by atoms with Crippen LogP contribution >= 0.6 is 0 Å². The van der Waals surface area contributed by atoms with Crippen LogP contribution in [0.15, 0.2) is 24.8 Å². The predicted octanol–water partition coefficient (Wildman–Crippen LogP) is 3.83. The van der Waals surface area contributed by atoms with Crippen LogP contribution in [0.4, 0.5) is 13.2 Å². The van der Waals surface area contributed by atoms with Crippen LogP contribution in [0.2, 0.25) is 0 Å². The van der Waals surface area contributed by atoms with Gasteiger partial charge in [0.2, 0.25) is 0 Å². The van der Waals surface area contributed by atoms with Crippen molar-refractivity contribution in [2.24, 2.45) is 0 Å². The third kappa shape index (κ3) is 2.78. The second-order valence-electron chi connectivity index (χ2n) is 3.20. The molecule has 0 N–H and O–H groups in total. The Hall–Kier alpha value is -1.45. The molecule has 1 rings (SSSR count). The Balaban J connectivity index is 3.21. The minimum Gasteiger partial charge on any atom is -0.493 e. The lowest BCUT2D eigenvalue weighted by Gasteiger charge is -2.15. The molecule has 4 heteroatoms. The molecule has 0 saturated carbocycles. The van der Waals surface area contributed by atoms with Crippen LogP contribution in [0, 0.1) is 6.08 Å². The molecule has 0 unspecified atom stereocenters. The van der Waals surface area contributed by atoms with Gasteiger partial charge in [0.1, 0.15) is 11.3 Å². The third-order valence-electron chi connectivity index (χ3n) is 1.96. The molecule has 0 heterocycles. The van der Waals surface area contributed by atoms with Crippen molar-refractivity contribution in [3.63, 3.8) is 0 Å². The maximum absolute atomic E-state index is 12.8. The Bertz CT molecular complexity index is 369. The molecule has 0 aliphatic rings. The summed E-state index contributed by atoms with van der Waals surface area (Å²) in [7, 11) is 0. The second-order valence-corrected chi connectivity index (χ2v) is 3.20. The number of hydrogen-bond donors (Lipinski definition) is 0. The summed E-state index contributed by atoms with van der Waals surface area (Å²) >= 11 is 0. The molecule has 87 valence electrons. The summed E-state index contributed by atoms with van der Waals surface area (Å²) < 4.78 is 43.4. The zero-order valence-electron chi connectivity index (χ0n) is 8.90. The monoisotopic (exact) mass is 229 g/mol. The van der Waals surface area contributed by atoms with Gasteiger partial charge in [-0.05, 0) is 24.1 Å². The van der Waals surface area contributed by atoms with Crippen molar-refractivity contribution >= 4 is 0 Å². The molecule has 1 aromatic carbocycles. The van der Waals surface area contributed by atoms with E-state index in [1.165, 1.54) is 18.2 Å². The standard InChI is InChI=1S/C12H12F3O/c1-3-8-16-10-7-5-6-9(4-2)11(10)12(13,14)15/h5-7H,2-3,8H2,1H3. The first-order valence-electron chi connectivity index (χ1n) is 4.86. The summed E-state index contributed by atoms with van der Waals surface area (Å²) in [6, 6.07) is 4.11. The van der Waals surface area contributed by atoms with E-state index >= 15 is 0 Å². The first kappa shape index (κ1) is 12.6. The summed E-state index contributed by atoms with van der Waals surface area (Å²) in [6.45, 7) is 5.33. The van der Waals surface area contributed by atoms with Gasteiger partial charge < -0.3 is 4.74 Å². The van der Waals surface area contributed by atoms with E-state index in [2.05, 4.69) is 12.7 Å². The minimum atomic E-state index is -4.45. The molecule has 1 radical (unpaired) electrons. The van der Waals surface area contributed by atoms with Crippen molar-refractivity contribution in [3.05, 3.63) is 42.0 Å². The highest BCUT2D eigenvalue weighted by Gasteiger charge is 2.36. The Morgan fingerprint density at radius 3 is 2.56 bits per heavy atom. The average molecular weight is 229 g/mol. The second kappa shape index (κ2) is 5.05.